The third kappa shape index (κ3) is 3.89. The van der Waals surface area contributed by atoms with Crippen LogP contribution in [-0.4, -0.2) is 57.4 Å². The van der Waals surface area contributed by atoms with Crippen molar-refractivity contribution in [3.63, 3.8) is 0 Å². The number of amides is 1. The quantitative estimate of drug-likeness (QED) is 0.673. The molecule has 3 heterocycles. The maximum absolute atomic E-state index is 13.7. The number of benzene rings is 1. The van der Waals surface area contributed by atoms with E-state index in [0.29, 0.717) is 36.0 Å². The van der Waals surface area contributed by atoms with Crippen LogP contribution in [0.5, 0.6) is 11.8 Å². The number of hydrogen-bond donors (Lipinski definition) is 2. The molecule has 29 heavy (non-hydrogen) atoms. The minimum atomic E-state index is -0.854. The van der Waals surface area contributed by atoms with Gasteiger partial charge in [-0.1, -0.05) is 0 Å². The Kier molecular flexibility index (Phi) is 5.10. The zero-order chi connectivity index (χ0) is 20.4. The Morgan fingerprint density at radius 2 is 2.28 bits per heavy atom. The molecule has 152 valence electrons. The lowest BCUT2D eigenvalue weighted by molar-refractivity contribution is 0.121. The van der Waals surface area contributed by atoms with Gasteiger partial charge in [-0.2, -0.15) is 10.1 Å². The summed E-state index contributed by atoms with van der Waals surface area (Å²) in [5.74, 6) is -1.22. The molecule has 9 nitrogen and oxygen atoms in total. The molecule has 1 aliphatic heterocycles. The zero-order valence-electron chi connectivity index (χ0n) is 15.5. The molecular formula is C18H18F2N6O3. The molecule has 1 saturated heterocycles. The van der Waals surface area contributed by atoms with E-state index in [1.54, 1.807) is 4.90 Å². The molecule has 2 aromatic heterocycles. The third-order valence-corrected chi connectivity index (χ3v) is 4.68. The van der Waals surface area contributed by atoms with Crippen LogP contribution >= 0.6 is 0 Å². The minimum absolute atomic E-state index is 0.000763. The van der Waals surface area contributed by atoms with Crippen molar-refractivity contribution in [3.8, 4) is 11.8 Å². The first-order valence-corrected chi connectivity index (χ1v) is 8.97. The van der Waals surface area contributed by atoms with E-state index >= 15 is 0 Å². The Balaban J connectivity index is 1.46. The fourth-order valence-electron chi connectivity index (χ4n) is 3.25. The maximum Gasteiger partial charge on any atom is 0.409 e. The number of nitrogens with zero attached hydrogens (tertiary/aromatic N) is 4. The summed E-state index contributed by atoms with van der Waals surface area (Å²) in [6.45, 7) is 1.15. The number of anilines is 1. The zero-order valence-corrected chi connectivity index (χ0v) is 15.5. The van der Waals surface area contributed by atoms with Crippen LogP contribution < -0.4 is 10.1 Å². The van der Waals surface area contributed by atoms with Gasteiger partial charge in [-0.25, -0.2) is 18.6 Å². The van der Waals surface area contributed by atoms with Crippen LogP contribution in [0.4, 0.5) is 19.4 Å². The number of carbonyl (C=O) groups excluding carboxylic acids is 1. The molecule has 11 heteroatoms. The van der Waals surface area contributed by atoms with Crippen LogP contribution in [-0.2, 0) is 4.74 Å². The average molecular weight is 404 g/mol. The number of likely N-dealkylation sites (tertiary alicyclic amines) is 1. The first-order valence-electron chi connectivity index (χ1n) is 8.97. The topological polar surface area (TPSA) is 105 Å². The summed E-state index contributed by atoms with van der Waals surface area (Å²) in [7, 11) is 1.36. The lowest BCUT2D eigenvalue weighted by atomic mass is 10.2. The Morgan fingerprint density at radius 1 is 1.41 bits per heavy atom. The van der Waals surface area contributed by atoms with E-state index in [2.05, 4.69) is 25.5 Å². The fraction of sp³-hybridized carbons (Fsp3) is 0.333. The van der Waals surface area contributed by atoms with Gasteiger partial charge >= 0.3 is 12.1 Å². The van der Waals surface area contributed by atoms with Crippen molar-refractivity contribution in [2.75, 3.05) is 25.5 Å². The van der Waals surface area contributed by atoms with Gasteiger partial charge in [-0.3, -0.25) is 5.10 Å². The third-order valence-electron chi connectivity index (χ3n) is 4.68. The van der Waals surface area contributed by atoms with Gasteiger partial charge in [0.25, 0.3) is 0 Å². The Labute approximate surface area is 164 Å². The smallest absolute Gasteiger partial charge is 0.409 e. The number of aromatic nitrogens is 4. The average Bonchev–Trinajstić information content (AvgIpc) is 3.34. The van der Waals surface area contributed by atoms with Gasteiger partial charge in [-0.05, 0) is 25.0 Å². The predicted octanol–water partition coefficient (Wildman–Crippen LogP) is 3.07. The molecule has 0 saturated carbocycles. The molecule has 1 aromatic carbocycles. The van der Waals surface area contributed by atoms with Gasteiger partial charge in [-0.15, -0.1) is 0 Å². The van der Waals surface area contributed by atoms with Crippen LogP contribution in [0.15, 0.2) is 24.4 Å². The number of H-pyrrole nitrogens is 1. The lowest BCUT2D eigenvalue weighted by Crippen LogP contribution is -2.39. The number of halogens is 2. The standard InChI is InChI=1S/C18H18F2N6O3/c1-28-18(27)26-6-2-3-11(26)8-21-15-12-9-22-17(23-16(12)25-24-15)29-14-5-4-10(19)7-13(14)20/h4-5,7,9,11H,2-3,6,8H2,1H3,(H2,21,22,23,24,25). The second kappa shape index (κ2) is 7.86. The van der Waals surface area contributed by atoms with E-state index in [1.165, 1.54) is 13.3 Å². The van der Waals surface area contributed by atoms with Gasteiger partial charge in [0.15, 0.2) is 23.0 Å². The molecule has 0 bridgehead atoms. The summed E-state index contributed by atoms with van der Waals surface area (Å²) in [5, 5.41) is 10.7. The summed E-state index contributed by atoms with van der Waals surface area (Å²) < 4.78 is 36.8. The molecule has 0 radical (unpaired) electrons. The van der Waals surface area contributed by atoms with Gasteiger partial charge < -0.3 is 19.7 Å². The first kappa shape index (κ1) is 18.8. The molecule has 2 N–H and O–H groups in total. The maximum atomic E-state index is 13.7. The molecule has 1 unspecified atom stereocenters. The minimum Gasteiger partial charge on any atom is -0.453 e. The summed E-state index contributed by atoms with van der Waals surface area (Å²) >= 11 is 0. The van der Waals surface area contributed by atoms with Crippen molar-refractivity contribution >= 4 is 22.9 Å². The number of carbonyl (C=O) groups is 1. The summed E-state index contributed by atoms with van der Waals surface area (Å²) in [5.41, 5.74) is 0.385. The van der Waals surface area contributed by atoms with Crippen molar-refractivity contribution < 1.29 is 23.0 Å². The highest BCUT2D eigenvalue weighted by Gasteiger charge is 2.29. The van der Waals surface area contributed by atoms with Crippen LogP contribution in [0.2, 0.25) is 0 Å². The number of methoxy groups -OCH3 is 1. The molecule has 1 amide bonds. The van der Waals surface area contributed by atoms with Crippen LogP contribution in [0.1, 0.15) is 12.8 Å². The van der Waals surface area contributed by atoms with Crippen molar-refractivity contribution in [1.29, 1.82) is 0 Å². The molecule has 1 atom stereocenters. The molecule has 3 aromatic rings. The summed E-state index contributed by atoms with van der Waals surface area (Å²) in [6, 6.07) is 2.85. The summed E-state index contributed by atoms with van der Waals surface area (Å²) in [6.07, 6.45) is 2.91. The van der Waals surface area contributed by atoms with E-state index < -0.39 is 11.6 Å². The molecular weight excluding hydrogens is 386 g/mol. The van der Waals surface area contributed by atoms with Crippen molar-refractivity contribution in [3.05, 3.63) is 36.0 Å². The van der Waals surface area contributed by atoms with Gasteiger partial charge in [0.2, 0.25) is 0 Å². The van der Waals surface area contributed by atoms with E-state index in [1.807, 2.05) is 0 Å². The Hall–Kier alpha value is -3.50. The number of aromatic amines is 1. The molecule has 0 spiro atoms. The highest BCUT2D eigenvalue weighted by Crippen LogP contribution is 2.26. The summed E-state index contributed by atoms with van der Waals surface area (Å²) in [4.78, 5) is 21.7. The van der Waals surface area contributed by atoms with E-state index in [-0.39, 0.29) is 23.9 Å². The normalized spacial score (nSPS) is 16.2. The highest BCUT2D eigenvalue weighted by molar-refractivity contribution is 5.86. The second-order valence-electron chi connectivity index (χ2n) is 6.50. The van der Waals surface area contributed by atoms with Crippen molar-refractivity contribution in [2.45, 2.75) is 18.9 Å². The number of fused-ring (bicyclic) bond motifs is 1. The predicted molar refractivity (Wildman–Crippen MR) is 98.7 cm³/mol. The molecule has 0 aliphatic carbocycles. The lowest BCUT2D eigenvalue weighted by Gasteiger charge is -2.23. The molecule has 1 fully saturated rings. The Bertz CT molecular complexity index is 1040. The van der Waals surface area contributed by atoms with E-state index in [9.17, 15) is 13.6 Å². The number of ether oxygens (including phenoxy) is 2. The second-order valence-corrected chi connectivity index (χ2v) is 6.50. The number of rotatable bonds is 5. The number of nitrogens with one attached hydrogen (secondary N) is 2. The fourth-order valence-corrected chi connectivity index (χ4v) is 3.25. The number of hydrogen-bond acceptors (Lipinski definition) is 7. The molecule has 1 aliphatic rings. The SMILES string of the molecule is COC(=O)N1CCCC1CNc1n[nH]c2nc(Oc3ccc(F)cc3F)ncc12. The van der Waals surface area contributed by atoms with Crippen molar-refractivity contribution in [1.82, 2.24) is 25.1 Å². The van der Waals surface area contributed by atoms with Crippen molar-refractivity contribution in [2.24, 2.45) is 0 Å². The van der Waals surface area contributed by atoms with Gasteiger partial charge in [0.05, 0.1) is 18.5 Å². The monoisotopic (exact) mass is 404 g/mol. The highest BCUT2D eigenvalue weighted by atomic mass is 19.1. The Morgan fingerprint density at radius 3 is 3.07 bits per heavy atom. The van der Waals surface area contributed by atoms with Crippen LogP contribution in [0.3, 0.4) is 0 Å². The van der Waals surface area contributed by atoms with Gasteiger partial charge in [0.1, 0.15) is 5.82 Å². The van der Waals surface area contributed by atoms with Gasteiger partial charge in [0, 0.05) is 25.4 Å². The van der Waals surface area contributed by atoms with Crippen LogP contribution in [0.25, 0.3) is 11.0 Å². The first-order chi connectivity index (χ1) is 14.0. The van der Waals surface area contributed by atoms with Crippen LogP contribution in [0, 0.1) is 11.6 Å². The van der Waals surface area contributed by atoms with E-state index in [0.717, 1.165) is 25.0 Å². The molecule has 4 rings (SSSR count). The van der Waals surface area contributed by atoms with E-state index in [4.69, 9.17) is 9.47 Å². The largest absolute Gasteiger partial charge is 0.453 e.